The average Bonchev–Trinajstić information content (AvgIpc) is 3.21. The molecule has 29 heavy (non-hydrogen) atoms. The first-order valence-electron chi connectivity index (χ1n) is 8.49. The summed E-state index contributed by atoms with van der Waals surface area (Å²) in [6.45, 7) is 0. The van der Waals surface area contributed by atoms with Gasteiger partial charge in [0.05, 0.1) is 24.3 Å². The number of hydrogen-bond donors (Lipinski definition) is 1. The number of para-hydroxylation sites is 2. The van der Waals surface area contributed by atoms with Crippen molar-refractivity contribution in [1.29, 1.82) is 0 Å². The molecule has 0 saturated heterocycles. The molecule has 0 bridgehead atoms. The zero-order valence-corrected chi connectivity index (χ0v) is 16.0. The summed E-state index contributed by atoms with van der Waals surface area (Å²) in [6.07, 6.45) is 1.10. The van der Waals surface area contributed by atoms with E-state index in [1.165, 1.54) is 5.38 Å². The van der Waals surface area contributed by atoms with Crippen LogP contribution >= 0.6 is 11.3 Å². The molecule has 2 aromatic carbocycles. The molecule has 0 fully saturated rings. The van der Waals surface area contributed by atoms with Gasteiger partial charge in [0.1, 0.15) is 11.4 Å². The summed E-state index contributed by atoms with van der Waals surface area (Å²) in [5.74, 6) is -0.318. The van der Waals surface area contributed by atoms with Gasteiger partial charge in [-0.1, -0.05) is 12.1 Å². The van der Waals surface area contributed by atoms with Crippen LogP contribution in [0.5, 0.6) is 5.75 Å². The van der Waals surface area contributed by atoms with Gasteiger partial charge < -0.3 is 4.74 Å². The summed E-state index contributed by atoms with van der Waals surface area (Å²) < 4.78 is 6.09. The van der Waals surface area contributed by atoms with Gasteiger partial charge in [-0.25, -0.2) is 14.5 Å². The Morgan fingerprint density at radius 3 is 2.62 bits per heavy atom. The third-order valence-electron chi connectivity index (χ3n) is 4.16. The Morgan fingerprint density at radius 1 is 1.10 bits per heavy atom. The molecule has 2 aromatic heterocycles. The molecule has 8 nitrogen and oxygen atoms in total. The Bertz CT molecular complexity index is 1280. The van der Waals surface area contributed by atoms with Crippen LogP contribution in [0.2, 0.25) is 0 Å². The Hall–Kier alpha value is -3.85. The molecular formula is C20H14N4O4S. The number of hydrogen-bond acceptors (Lipinski definition) is 7. The molecule has 4 rings (SSSR count). The summed E-state index contributed by atoms with van der Waals surface area (Å²) in [6, 6.07) is 13.4. The maximum Gasteiger partial charge on any atom is 0.284 e. The smallest absolute Gasteiger partial charge is 0.284 e. The van der Waals surface area contributed by atoms with Crippen molar-refractivity contribution in [2.24, 2.45) is 0 Å². The van der Waals surface area contributed by atoms with Crippen LogP contribution in [-0.2, 0) is 0 Å². The first kappa shape index (κ1) is 18.5. The lowest BCUT2D eigenvalue weighted by molar-refractivity contribution is 0.0955. The molecule has 0 aliphatic carbocycles. The summed E-state index contributed by atoms with van der Waals surface area (Å²) in [4.78, 5) is 45.7. The molecule has 144 valence electrons. The average molecular weight is 406 g/mol. The number of carbonyl (C=O) groups excluding carboxylic acids is 2. The van der Waals surface area contributed by atoms with E-state index in [2.05, 4.69) is 15.3 Å². The van der Waals surface area contributed by atoms with Crippen LogP contribution in [0, 0.1) is 0 Å². The van der Waals surface area contributed by atoms with Crippen molar-refractivity contribution in [3.63, 3.8) is 0 Å². The fourth-order valence-electron chi connectivity index (χ4n) is 2.73. The number of methoxy groups -OCH3 is 1. The number of anilines is 1. The predicted molar refractivity (Wildman–Crippen MR) is 109 cm³/mol. The molecule has 9 heteroatoms. The van der Waals surface area contributed by atoms with Crippen molar-refractivity contribution >= 4 is 39.3 Å². The molecule has 2 heterocycles. The summed E-state index contributed by atoms with van der Waals surface area (Å²) >= 11 is 1.09. The van der Waals surface area contributed by atoms with Gasteiger partial charge in [0.2, 0.25) is 0 Å². The van der Waals surface area contributed by atoms with Crippen molar-refractivity contribution < 1.29 is 14.3 Å². The van der Waals surface area contributed by atoms with Gasteiger partial charge in [0.15, 0.2) is 5.13 Å². The lowest BCUT2D eigenvalue weighted by atomic mass is 10.2. The van der Waals surface area contributed by atoms with E-state index in [1.807, 2.05) is 0 Å². The van der Waals surface area contributed by atoms with Gasteiger partial charge in [-0.2, -0.15) is 0 Å². The number of thiazole rings is 1. The van der Waals surface area contributed by atoms with E-state index in [0.717, 1.165) is 22.1 Å². The highest BCUT2D eigenvalue weighted by atomic mass is 32.1. The molecule has 4 aromatic rings. The molecule has 1 N–H and O–H groups in total. The first-order valence-corrected chi connectivity index (χ1v) is 9.37. The van der Waals surface area contributed by atoms with Crippen molar-refractivity contribution in [1.82, 2.24) is 14.5 Å². The molecular weight excluding hydrogens is 392 g/mol. The number of ether oxygens (including phenoxy) is 1. The highest BCUT2D eigenvalue weighted by molar-refractivity contribution is 7.14. The second kappa shape index (κ2) is 7.64. The maximum atomic E-state index is 12.9. The van der Waals surface area contributed by atoms with Crippen LogP contribution in [0.4, 0.5) is 5.13 Å². The van der Waals surface area contributed by atoms with Crippen molar-refractivity contribution in [3.05, 3.63) is 81.7 Å². The first-order chi connectivity index (χ1) is 14.1. The monoisotopic (exact) mass is 406 g/mol. The number of nitrogens with one attached hydrogen (secondary N) is 1. The minimum Gasteiger partial charge on any atom is -0.497 e. The van der Waals surface area contributed by atoms with Crippen LogP contribution in [-0.4, -0.2) is 33.5 Å². The van der Waals surface area contributed by atoms with Gasteiger partial charge in [-0.15, -0.1) is 11.3 Å². The number of aromatic nitrogens is 3. The van der Waals surface area contributed by atoms with E-state index in [0.29, 0.717) is 22.3 Å². The third kappa shape index (κ3) is 3.63. The van der Waals surface area contributed by atoms with Crippen LogP contribution in [0.25, 0.3) is 11.0 Å². The van der Waals surface area contributed by atoms with Gasteiger partial charge in [-0.05, 0) is 36.4 Å². The number of amides is 1. The van der Waals surface area contributed by atoms with E-state index in [-0.39, 0.29) is 16.7 Å². The fourth-order valence-corrected chi connectivity index (χ4v) is 3.41. The molecule has 0 unspecified atom stereocenters. The second-order valence-electron chi connectivity index (χ2n) is 5.95. The van der Waals surface area contributed by atoms with Gasteiger partial charge in [0, 0.05) is 10.9 Å². The fraction of sp³-hybridized carbons (Fsp3) is 0.0500. The number of benzene rings is 2. The van der Waals surface area contributed by atoms with E-state index in [1.54, 1.807) is 55.6 Å². The van der Waals surface area contributed by atoms with Gasteiger partial charge in [-0.3, -0.25) is 19.7 Å². The number of carbonyl (C=O) groups is 2. The topological polar surface area (TPSA) is 103 Å². The largest absolute Gasteiger partial charge is 0.497 e. The quantitative estimate of drug-likeness (QED) is 0.559. The minimum atomic E-state index is -0.588. The van der Waals surface area contributed by atoms with Crippen LogP contribution in [0.1, 0.15) is 20.8 Å². The Balaban J connectivity index is 1.59. The number of fused-ring (bicyclic) bond motifs is 1. The maximum absolute atomic E-state index is 12.9. The van der Waals surface area contributed by atoms with E-state index >= 15 is 0 Å². The SMILES string of the molecule is COc1ccc(C(=O)Nc2nc(C(=O)n3c(=O)cnc4ccccc43)cs2)cc1. The standard InChI is InChI=1S/C20H14N4O4S/c1-28-13-8-6-12(7-9-13)18(26)23-20-22-15(11-29-20)19(27)24-16-5-3-2-4-14(16)21-10-17(24)25/h2-11H,1H3,(H,22,23,26). The highest BCUT2D eigenvalue weighted by Crippen LogP contribution is 2.19. The lowest BCUT2D eigenvalue weighted by Gasteiger charge is -2.06. The normalized spacial score (nSPS) is 10.7. The molecule has 0 saturated carbocycles. The van der Waals surface area contributed by atoms with E-state index < -0.39 is 11.5 Å². The van der Waals surface area contributed by atoms with Crippen molar-refractivity contribution in [3.8, 4) is 5.75 Å². The van der Waals surface area contributed by atoms with E-state index in [4.69, 9.17) is 4.74 Å². The van der Waals surface area contributed by atoms with Crippen LogP contribution < -0.4 is 15.6 Å². The summed E-state index contributed by atoms with van der Waals surface area (Å²) in [5.41, 5.74) is 0.833. The molecule has 1 amide bonds. The highest BCUT2D eigenvalue weighted by Gasteiger charge is 2.18. The van der Waals surface area contributed by atoms with Crippen LogP contribution in [0.15, 0.2) is 64.9 Å². The minimum absolute atomic E-state index is 0.0542. The third-order valence-corrected chi connectivity index (χ3v) is 4.91. The summed E-state index contributed by atoms with van der Waals surface area (Å²) in [5, 5.41) is 4.39. The molecule has 0 aliphatic rings. The molecule has 0 atom stereocenters. The second-order valence-corrected chi connectivity index (χ2v) is 6.80. The van der Waals surface area contributed by atoms with Gasteiger partial charge in [0.25, 0.3) is 17.4 Å². The van der Waals surface area contributed by atoms with Crippen molar-refractivity contribution in [2.45, 2.75) is 0 Å². The molecule has 0 aliphatic heterocycles. The summed E-state index contributed by atoms with van der Waals surface area (Å²) in [7, 11) is 1.54. The molecule has 0 radical (unpaired) electrons. The number of rotatable bonds is 4. The number of nitrogens with zero attached hydrogens (tertiary/aromatic N) is 3. The van der Waals surface area contributed by atoms with E-state index in [9.17, 15) is 14.4 Å². The Labute approximate surface area is 168 Å². The lowest BCUT2D eigenvalue weighted by Crippen LogP contribution is -2.28. The zero-order valence-electron chi connectivity index (χ0n) is 15.2. The molecule has 0 spiro atoms. The predicted octanol–water partition coefficient (Wildman–Crippen LogP) is 2.80. The van der Waals surface area contributed by atoms with Gasteiger partial charge >= 0.3 is 0 Å². The van der Waals surface area contributed by atoms with Crippen molar-refractivity contribution in [2.75, 3.05) is 12.4 Å². The zero-order chi connectivity index (χ0) is 20.4. The Morgan fingerprint density at radius 2 is 1.86 bits per heavy atom. The van der Waals surface area contributed by atoms with Crippen LogP contribution in [0.3, 0.4) is 0 Å². The Kier molecular flexibility index (Phi) is 4.88.